The van der Waals surface area contributed by atoms with Gasteiger partial charge in [-0.25, -0.2) is 4.98 Å². The summed E-state index contributed by atoms with van der Waals surface area (Å²) in [6.07, 6.45) is 1.48. The van der Waals surface area contributed by atoms with Crippen molar-refractivity contribution in [2.75, 3.05) is 11.1 Å². The molecule has 0 saturated heterocycles. The van der Waals surface area contributed by atoms with Crippen LogP contribution in [0.3, 0.4) is 0 Å². The topological polar surface area (TPSA) is 92.5 Å². The van der Waals surface area contributed by atoms with Gasteiger partial charge in [0.05, 0.1) is 6.54 Å². The Balaban J connectivity index is 2.02. The molecule has 0 amide bonds. The number of hydrogen-bond acceptors (Lipinski definition) is 6. The number of nitrogen functional groups attached to an aromatic ring is 1. The van der Waals surface area contributed by atoms with Crippen LogP contribution in [0.1, 0.15) is 11.4 Å². The van der Waals surface area contributed by atoms with Crippen LogP contribution < -0.4 is 11.1 Å². The van der Waals surface area contributed by atoms with Gasteiger partial charge in [-0.3, -0.25) is 5.10 Å². The van der Waals surface area contributed by atoms with E-state index in [1.54, 1.807) is 0 Å². The average Bonchev–Trinajstić information content (AvgIpc) is 2.77. The van der Waals surface area contributed by atoms with Gasteiger partial charge in [-0.1, -0.05) is 0 Å². The van der Waals surface area contributed by atoms with Gasteiger partial charge in [0.2, 0.25) is 0 Å². The molecular weight excluding hydrogens is 200 g/mol. The summed E-state index contributed by atoms with van der Waals surface area (Å²) in [4.78, 5) is 3.99. The highest BCUT2D eigenvalue weighted by Crippen LogP contribution is 2.25. The second kappa shape index (κ2) is 3.62. The third-order valence-electron chi connectivity index (χ3n) is 1.84. The molecular formula is C7H10N6S. The number of rotatable bonds is 3. The van der Waals surface area contributed by atoms with Crippen LogP contribution in [-0.2, 0) is 6.54 Å². The zero-order valence-electron chi connectivity index (χ0n) is 7.61. The fraction of sp³-hybridized carbons (Fsp3) is 0.286. The lowest BCUT2D eigenvalue weighted by molar-refractivity contribution is 0.956. The van der Waals surface area contributed by atoms with Gasteiger partial charge in [-0.2, -0.15) is 9.47 Å². The predicted octanol–water partition coefficient (Wildman–Crippen LogP) is 0.764. The van der Waals surface area contributed by atoms with E-state index in [4.69, 9.17) is 5.73 Å². The first-order chi connectivity index (χ1) is 6.77. The van der Waals surface area contributed by atoms with Crippen molar-refractivity contribution in [1.82, 2.24) is 19.6 Å². The number of hydrogen-bond donors (Lipinski definition) is 3. The summed E-state index contributed by atoms with van der Waals surface area (Å²) in [7, 11) is 0. The minimum atomic E-state index is 0.579. The summed E-state index contributed by atoms with van der Waals surface area (Å²) >= 11 is 1.35. The van der Waals surface area contributed by atoms with Crippen LogP contribution in [-0.4, -0.2) is 19.6 Å². The summed E-state index contributed by atoms with van der Waals surface area (Å²) in [5, 5.41) is 10.7. The van der Waals surface area contributed by atoms with E-state index >= 15 is 0 Å². The Morgan fingerprint density at radius 3 is 3.07 bits per heavy atom. The van der Waals surface area contributed by atoms with Gasteiger partial charge in [0, 0.05) is 5.56 Å². The first-order valence-electron chi connectivity index (χ1n) is 4.07. The Morgan fingerprint density at radius 2 is 2.50 bits per heavy atom. The monoisotopic (exact) mass is 210 g/mol. The van der Waals surface area contributed by atoms with Crippen LogP contribution in [0.15, 0.2) is 6.33 Å². The maximum atomic E-state index is 5.61. The maximum Gasteiger partial charge on any atom is 0.143 e. The lowest BCUT2D eigenvalue weighted by Gasteiger charge is -2.00. The molecule has 0 unspecified atom stereocenters. The highest BCUT2D eigenvalue weighted by atomic mass is 32.1. The molecule has 2 aromatic heterocycles. The van der Waals surface area contributed by atoms with Gasteiger partial charge >= 0.3 is 0 Å². The zero-order valence-corrected chi connectivity index (χ0v) is 8.43. The highest BCUT2D eigenvalue weighted by molar-refractivity contribution is 7.10. The van der Waals surface area contributed by atoms with Crippen LogP contribution in [0, 0.1) is 6.92 Å². The number of anilines is 2. The van der Waals surface area contributed by atoms with Crippen molar-refractivity contribution >= 4 is 22.4 Å². The molecule has 2 rings (SSSR count). The van der Waals surface area contributed by atoms with Crippen molar-refractivity contribution in [3.8, 4) is 0 Å². The molecule has 4 N–H and O–H groups in total. The quantitative estimate of drug-likeness (QED) is 0.695. The van der Waals surface area contributed by atoms with Gasteiger partial charge in [-0.05, 0) is 18.5 Å². The Morgan fingerprint density at radius 1 is 1.64 bits per heavy atom. The van der Waals surface area contributed by atoms with Gasteiger partial charge in [0.15, 0.2) is 0 Å². The highest BCUT2D eigenvalue weighted by Gasteiger charge is 2.06. The third kappa shape index (κ3) is 1.67. The van der Waals surface area contributed by atoms with E-state index in [0.717, 1.165) is 16.4 Å². The first kappa shape index (κ1) is 8.95. The van der Waals surface area contributed by atoms with Crippen molar-refractivity contribution in [2.45, 2.75) is 13.5 Å². The Kier molecular flexibility index (Phi) is 2.32. The lowest BCUT2D eigenvalue weighted by atomic mass is 10.3. The second-order valence-electron chi connectivity index (χ2n) is 2.81. The number of aromatic nitrogens is 4. The van der Waals surface area contributed by atoms with Crippen molar-refractivity contribution in [2.24, 2.45) is 0 Å². The van der Waals surface area contributed by atoms with Gasteiger partial charge in [0.1, 0.15) is 23.0 Å². The lowest BCUT2D eigenvalue weighted by Crippen LogP contribution is -2.01. The summed E-state index contributed by atoms with van der Waals surface area (Å²) in [5.41, 5.74) is 6.59. The van der Waals surface area contributed by atoms with E-state index in [1.165, 1.54) is 17.9 Å². The van der Waals surface area contributed by atoms with E-state index in [9.17, 15) is 0 Å². The molecule has 2 aromatic rings. The van der Waals surface area contributed by atoms with Crippen molar-refractivity contribution < 1.29 is 0 Å². The number of aromatic amines is 1. The fourth-order valence-corrected chi connectivity index (χ4v) is 1.70. The Hall–Kier alpha value is -1.63. The van der Waals surface area contributed by atoms with Crippen molar-refractivity contribution in [3.05, 3.63) is 17.7 Å². The molecule has 0 aliphatic rings. The van der Waals surface area contributed by atoms with Crippen LogP contribution >= 0.6 is 11.5 Å². The molecule has 0 radical (unpaired) electrons. The maximum absolute atomic E-state index is 5.61. The third-order valence-corrected chi connectivity index (χ3v) is 2.76. The number of nitrogens with zero attached hydrogens (tertiary/aromatic N) is 3. The normalized spacial score (nSPS) is 10.4. The molecule has 0 aromatic carbocycles. The average molecular weight is 210 g/mol. The van der Waals surface area contributed by atoms with Gasteiger partial charge < -0.3 is 11.1 Å². The SMILES string of the molecule is Cc1c(N)nsc1NCc1ncn[nH]1. The van der Waals surface area contributed by atoms with Crippen molar-refractivity contribution in [1.29, 1.82) is 0 Å². The standard InChI is InChI=1S/C7H10N6S/c1-4-6(8)13-14-7(4)9-2-5-10-3-11-12-5/h3,9H,2H2,1H3,(H2,8,13)(H,10,11,12). The molecule has 0 spiro atoms. The van der Waals surface area contributed by atoms with E-state index in [2.05, 4.69) is 24.9 Å². The molecule has 0 bridgehead atoms. The number of nitrogens with two attached hydrogens (primary N) is 1. The molecule has 0 aliphatic carbocycles. The second-order valence-corrected chi connectivity index (χ2v) is 3.58. The van der Waals surface area contributed by atoms with Gasteiger partial charge in [-0.15, -0.1) is 0 Å². The van der Waals surface area contributed by atoms with E-state index < -0.39 is 0 Å². The molecule has 6 nitrogen and oxygen atoms in total. The summed E-state index contributed by atoms with van der Waals surface area (Å²) < 4.78 is 4.03. The fourth-order valence-electron chi connectivity index (χ4n) is 0.993. The summed E-state index contributed by atoms with van der Waals surface area (Å²) in [6.45, 7) is 2.53. The smallest absolute Gasteiger partial charge is 0.143 e. The van der Waals surface area contributed by atoms with E-state index in [1.807, 2.05) is 6.92 Å². The molecule has 7 heteroatoms. The van der Waals surface area contributed by atoms with Crippen LogP contribution in [0.5, 0.6) is 0 Å². The van der Waals surface area contributed by atoms with Crippen LogP contribution in [0.4, 0.5) is 10.8 Å². The largest absolute Gasteiger partial charge is 0.383 e. The number of nitrogens with one attached hydrogen (secondary N) is 2. The zero-order chi connectivity index (χ0) is 9.97. The molecule has 0 saturated carbocycles. The Labute approximate surface area is 84.7 Å². The molecule has 0 fully saturated rings. The number of H-pyrrole nitrogens is 1. The van der Waals surface area contributed by atoms with Gasteiger partial charge in [0.25, 0.3) is 0 Å². The van der Waals surface area contributed by atoms with Crippen molar-refractivity contribution in [3.63, 3.8) is 0 Å². The first-order valence-corrected chi connectivity index (χ1v) is 4.84. The van der Waals surface area contributed by atoms with E-state index in [0.29, 0.717) is 12.4 Å². The van der Waals surface area contributed by atoms with Crippen LogP contribution in [0.25, 0.3) is 0 Å². The minimum absolute atomic E-state index is 0.579. The molecule has 14 heavy (non-hydrogen) atoms. The minimum Gasteiger partial charge on any atom is -0.383 e. The van der Waals surface area contributed by atoms with Crippen LogP contribution in [0.2, 0.25) is 0 Å². The summed E-state index contributed by atoms with van der Waals surface area (Å²) in [5.74, 6) is 1.37. The predicted molar refractivity (Wildman–Crippen MR) is 55.0 cm³/mol. The molecule has 74 valence electrons. The molecule has 2 heterocycles. The Bertz CT molecular complexity index is 406. The molecule has 0 aliphatic heterocycles. The summed E-state index contributed by atoms with van der Waals surface area (Å²) in [6, 6.07) is 0. The van der Waals surface area contributed by atoms with E-state index in [-0.39, 0.29) is 0 Å². The molecule has 0 atom stereocenters.